The molecule has 5 nitrogen and oxygen atoms in total. The lowest BCUT2D eigenvalue weighted by atomic mass is 10.0. The molecule has 0 radical (unpaired) electrons. The lowest BCUT2D eigenvalue weighted by molar-refractivity contribution is -0.156. The van der Waals surface area contributed by atoms with Gasteiger partial charge < -0.3 is 14.4 Å². The molecule has 1 fully saturated rings. The van der Waals surface area contributed by atoms with Gasteiger partial charge in [0.25, 0.3) is 0 Å². The van der Waals surface area contributed by atoms with Crippen LogP contribution in [0.15, 0.2) is 48.3 Å². The minimum atomic E-state index is -1.27. The van der Waals surface area contributed by atoms with Crippen LogP contribution in [0.25, 0.3) is 0 Å². The summed E-state index contributed by atoms with van der Waals surface area (Å²) in [6, 6.07) is 7.50. The number of alkyl halides is 1. The summed E-state index contributed by atoms with van der Waals surface area (Å²) in [5, 5.41) is 0. The van der Waals surface area contributed by atoms with Crippen LogP contribution in [0.3, 0.4) is 0 Å². The van der Waals surface area contributed by atoms with Gasteiger partial charge in [-0.15, -0.1) is 0 Å². The number of rotatable bonds is 5. The number of benzene rings is 1. The number of halogens is 1. The molecule has 0 aromatic heterocycles. The van der Waals surface area contributed by atoms with E-state index in [1.807, 2.05) is 68.1 Å². The van der Waals surface area contributed by atoms with E-state index in [2.05, 4.69) is 11.3 Å². The fraction of sp³-hybridized carbons (Fsp3) is 0.500. The zero-order valence-electron chi connectivity index (χ0n) is 19.6. The number of ether oxygens (including phenoxy) is 2. The second kappa shape index (κ2) is 11.4. The number of esters is 1. The highest BCUT2D eigenvalue weighted by Crippen LogP contribution is 2.29. The molecule has 1 aromatic rings. The molecule has 0 aliphatic carbocycles. The number of carbonyl (C=O) groups excluding carboxylic acids is 2. The molecule has 2 rings (SSSR count). The van der Waals surface area contributed by atoms with Gasteiger partial charge in [0.2, 0.25) is 12.0 Å². The Morgan fingerprint density at radius 1 is 1.32 bits per heavy atom. The average molecular weight is 452 g/mol. The molecule has 1 aliphatic heterocycles. The van der Waals surface area contributed by atoms with Gasteiger partial charge in [0.1, 0.15) is 5.60 Å². The number of nitrogens with zero attached hydrogens (tertiary/aromatic N) is 1. The molecule has 1 aromatic carbocycles. The number of allylic oxidation sites excluding steroid dienone is 2. The fourth-order valence-electron chi connectivity index (χ4n) is 2.76. The van der Waals surface area contributed by atoms with Gasteiger partial charge in [0.15, 0.2) is 0 Å². The lowest BCUT2D eigenvalue weighted by Gasteiger charge is -2.23. The fourth-order valence-corrected chi connectivity index (χ4v) is 2.97. The minimum Gasteiger partial charge on any atom is -0.462 e. The quantitative estimate of drug-likeness (QED) is 0.248. The third-order valence-electron chi connectivity index (χ3n) is 4.78. The van der Waals surface area contributed by atoms with Gasteiger partial charge in [0, 0.05) is 12.2 Å². The Kier molecular flexibility index (Phi) is 9.89. The third kappa shape index (κ3) is 8.45. The van der Waals surface area contributed by atoms with E-state index in [-0.39, 0.29) is 23.7 Å². The number of anilines is 1. The maximum atomic E-state index is 12.2. The molecule has 1 amide bonds. The van der Waals surface area contributed by atoms with Gasteiger partial charge in [-0.3, -0.25) is 9.59 Å². The molecule has 4 atom stereocenters. The van der Waals surface area contributed by atoms with E-state index in [1.165, 1.54) is 0 Å². The summed E-state index contributed by atoms with van der Waals surface area (Å²) < 4.78 is 21.8. The zero-order valence-corrected chi connectivity index (χ0v) is 20.7. The molecule has 0 spiro atoms. The highest BCUT2D eigenvalue weighted by molar-refractivity contribution is 7.16. The van der Waals surface area contributed by atoms with Crippen LogP contribution in [0.1, 0.15) is 59.9 Å². The molecule has 0 bridgehead atoms. The van der Waals surface area contributed by atoms with Crippen LogP contribution in [0.2, 0.25) is 0 Å². The maximum absolute atomic E-state index is 12.2. The second-order valence-corrected chi connectivity index (χ2v) is 9.04. The number of amides is 1. The average Bonchev–Trinajstić information content (AvgIpc) is 2.93. The van der Waals surface area contributed by atoms with Crippen molar-refractivity contribution in [3.05, 3.63) is 53.8 Å². The molecule has 172 valence electrons. The summed E-state index contributed by atoms with van der Waals surface area (Å²) in [6.07, 6.45) is 0.433. The van der Waals surface area contributed by atoms with Crippen LogP contribution in [-0.2, 0) is 19.1 Å². The van der Waals surface area contributed by atoms with E-state index < -0.39 is 11.7 Å². The van der Waals surface area contributed by atoms with Gasteiger partial charge in [-0.1, -0.05) is 28.0 Å². The van der Waals surface area contributed by atoms with Crippen molar-refractivity contribution in [2.24, 2.45) is 5.92 Å². The third-order valence-corrected chi connectivity index (χ3v) is 4.92. The van der Waals surface area contributed by atoms with Crippen molar-refractivity contribution in [2.45, 2.75) is 66.1 Å². The summed E-state index contributed by atoms with van der Waals surface area (Å²) >= 11 is 0. The van der Waals surface area contributed by atoms with Gasteiger partial charge >= 0.3 is 5.97 Å². The molecular weight excluding hydrogens is 416 g/mol. The SMILES string of the molecule is C/C=C(\C)OC(F)P.C=C1CN(c2ccc(C(C)C(=O)OC(C)(C)C)cc2)C(=O)C1C. The Labute approximate surface area is 187 Å². The molecule has 7 heteroatoms. The monoisotopic (exact) mass is 451 g/mol. The predicted molar refractivity (Wildman–Crippen MR) is 126 cm³/mol. The molecule has 0 saturated carbocycles. The first-order chi connectivity index (χ1) is 14.3. The van der Waals surface area contributed by atoms with Crippen LogP contribution >= 0.6 is 9.24 Å². The molecule has 4 unspecified atom stereocenters. The minimum absolute atomic E-state index is 0.0722. The van der Waals surface area contributed by atoms with Crippen molar-refractivity contribution < 1.29 is 23.5 Å². The zero-order chi connectivity index (χ0) is 23.9. The summed E-state index contributed by atoms with van der Waals surface area (Å²) in [6.45, 7) is 17.3. The van der Waals surface area contributed by atoms with Crippen molar-refractivity contribution in [1.29, 1.82) is 0 Å². The topological polar surface area (TPSA) is 55.8 Å². The van der Waals surface area contributed by atoms with Gasteiger partial charge in [-0.05, 0) is 77.8 Å². The van der Waals surface area contributed by atoms with Crippen molar-refractivity contribution in [3.8, 4) is 0 Å². The first kappa shape index (κ1) is 26.8. The molecule has 1 aliphatic rings. The summed E-state index contributed by atoms with van der Waals surface area (Å²) in [5.74, 6) is -0.0400. The maximum Gasteiger partial charge on any atom is 0.313 e. The largest absolute Gasteiger partial charge is 0.462 e. The number of hydrogen-bond donors (Lipinski definition) is 0. The van der Waals surface area contributed by atoms with Gasteiger partial charge in [-0.25, -0.2) is 0 Å². The second-order valence-electron chi connectivity index (χ2n) is 8.52. The molecule has 1 saturated heterocycles. The molecule has 1 heterocycles. The van der Waals surface area contributed by atoms with E-state index >= 15 is 0 Å². The Morgan fingerprint density at radius 3 is 2.23 bits per heavy atom. The van der Waals surface area contributed by atoms with E-state index in [0.29, 0.717) is 12.3 Å². The van der Waals surface area contributed by atoms with Crippen molar-refractivity contribution in [1.82, 2.24) is 0 Å². The van der Waals surface area contributed by atoms with Crippen molar-refractivity contribution in [3.63, 3.8) is 0 Å². The summed E-state index contributed by atoms with van der Waals surface area (Å²) in [4.78, 5) is 26.1. The van der Waals surface area contributed by atoms with Crippen LogP contribution in [0.4, 0.5) is 10.1 Å². The van der Waals surface area contributed by atoms with Crippen LogP contribution < -0.4 is 4.90 Å². The Balaban J connectivity index is 0.000000512. The Hall–Kier alpha value is -2.20. The molecule has 31 heavy (non-hydrogen) atoms. The molecular formula is C24H35FNO4P. The predicted octanol–water partition coefficient (Wildman–Crippen LogP) is 5.73. The van der Waals surface area contributed by atoms with E-state index in [0.717, 1.165) is 16.8 Å². The van der Waals surface area contributed by atoms with Crippen LogP contribution in [0, 0.1) is 5.92 Å². The van der Waals surface area contributed by atoms with Gasteiger partial charge in [-0.2, -0.15) is 4.39 Å². The lowest BCUT2D eigenvalue weighted by Crippen LogP contribution is -2.27. The smallest absolute Gasteiger partial charge is 0.313 e. The van der Waals surface area contributed by atoms with Crippen LogP contribution in [-0.4, -0.2) is 30.1 Å². The first-order valence-corrected chi connectivity index (χ1v) is 10.9. The standard InChI is InChI=1S/C19H25NO3.C5H10FOP/c1-12-11-20(17(21)13(12)2)16-9-7-15(8-10-16)14(3)18(22)23-19(4,5)6;1-3-4(2)7-5(6)8/h7-10,13-14H,1,11H2,2-6H3;3,5H,8H2,1-2H3/b;4-3+. The summed E-state index contributed by atoms with van der Waals surface area (Å²) in [7, 11) is 1.90. The highest BCUT2D eigenvalue weighted by atomic mass is 31.0. The molecule has 0 N–H and O–H groups in total. The highest BCUT2D eigenvalue weighted by Gasteiger charge is 2.32. The number of hydrogen-bond acceptors (Lipinski definition) is 4. The Morgan fingerprint density at radius 2 is 1.87 bits per heavy atom. The summed E-state index contributed by atoms with van der Waals surface area (Å²) in [5.41, 5.74) is 2.15. The van der Waals surface area contributed by atoms with Crippen molar-refractivity contribution >= 4 is 26.8 Å². The van der Waals surface area contributed by atoms with E-state index in [9.17, 15) is 14.0 Å². The van der Waals surface area contributed by atoms with Crippen LogP contribution in [0.5, 0.6) is 0 Å². The normalized spacial score (nSPS) is 18.8. The number of carbonyl (C=O) groups is 2. The first-order valence-electron chi connectivity index (χ1n) is 10.3. The Bertz CT molecular complexity index is 812. The van der Waals surface area contributed by atoms with Crippen molar-refractivity contribution in [2.75, 3.05) is 11.4 Å². The van der Waals surface area contributed by atoms with Gasteiger partial charge in [0.05, 0.1) is 17.6 Å². The van der Waals surface area contributed by atoms with E-state index in [1.54, 1.807) is 24.8 Å². The van der Waals surface area contributed by atoms with E-state index in [4.69, 9.17) is 4.74 Å².